The van der Waals surface area contributed by atoms with Crippen molar-refractivity contribution < 1.29 is 107 Å². The molecule has 0 aliphatic heterocycles. The van der Waals surface area contributed by atoms with E-state index in [-0.39, 0.29) is 81.7 Å². The Morgan fingerprint density at radius 2 is 1.34 bits per heavy atom. The second-order valence-corrected chi connectivity index (χ2v) is 8.79. The molecule has 3 N–H and O–H groups in total. The predicted molar refractivity (Wildman–Crippen MR) is 147 cm³/mol. The molecule has 0 fully saturated rings. The molecule has 0 aliphatic rings. The minimum atomic E-state index is -5.29. The number of unbranched alkanes of at least 4 members (excludes halogenated alkanes) is 10. The third-order valence-electron chi connectivity index (χ3n) is 4.59. The molecule has 9 nitrogen and oxygen atoms in total. The molecule has 0 spiro atoms. The summed E-state index contributed by atoms with van der Waals surface area (Å²) in [6, 6.07) is 0. The molecule has 12 heteroatoms. The van der Waals surface area contributed by atoms with Crippen molar-refractivity contribution in [2.45, 2.75) is 90.1 Å². The van der Waals surface area contributed by atoms with Gasteiger partial charge in [0.25, 0.3) is 0 Å². The van der Waals surface area contributed by atoms with Crippen LogP contribution in [0, 0.1) is 47.9 Å². The van der Waals surface area contributed by atoms with Gasteiger partial charge in [0.05, 0.1) is 14.4 Å². The number of esters is 2. The average molecular weight is 582 g/mol. The predicted octanol–water partition coefficient (Wildman–Crippen LogP) is -1.48. The molecule has 38 heavy (non-hydrogen) atoms. The largest absolute Gasteiger partial charge is 1.00 e. The number of phosphoric acid groups is 1. The molecule has 0 aliphatic carbocycles. The van der Waals surface area contributed by atoms with Gasteiger partial charge < -0.3 is 34.5 Å². The van der Waals surface area contributed by atoms with Gasteiger partial charge in [0, 0.05) is 22.3 Å². The maximum atomic E-state index is 12.1. The second-order valence-electron chi connectivity index (χ2n) is 7.63. The van der Waals surface area contributed by atoms with Crippen LogP contribution in [0.15, 0.2) is 0 Å². The van der Waals surface area contributed by atoms with E-state index in [1.54, 1.807) is 0 Å². The summed E-state index contributed by atoms with van der Waals surface area (Å²) in [5.74, 6) is 13.8. The smallest absolute Gasteiger partial charge is 0.790 e. The Morgan fingerprint density at radius 3 is 1.87 bits per heavy atom. The Hall–Kier alpha value is -0.750. The van der Waals surface area contributed by atoms with Gasteiger partial charge in [0.2, 0.25) is 0 Å². The van der Waals surface area contributed by atoms with Gasteiger partial charge in [-0.05, 0) is 41.9 Å². The van der Waals surface area contributed by atoms with Gasteiger partial charge in [-0.1, -0.05) is 71.1 Å². The molecule has 0 rings (SSSR count). The van der Waals surface area contributed by atoms with Gasteiger partial charge >= 0.3 is 71.1 Å². The summed E-state index contributed by atoms with van der Waals surface area (Å²) in [5.41, 5.74) is 0. The summed E-state index contributed by atoms with van der Waals surface area (Å²) in [7, 11) is -5.29. The van der Waals surface area contributed by atoms with Crippen molar-refractivity contribution in [2.24, 2.45) is 0 Å². The van der Waals surface area contributed by atoms with E-state index in [2.05, 4.69) is 52.9 Å². The van der Waals surface area contributed by atoms with Gasteiger partial charge in [0.1, 0.15) is 6.61 Å². The van der Waals surface area contributed by atoms with Gasteiger partial charge in [-0.3, -0.25) is 4.79 Å². The van der Waals surface area contributed by atoms with Crippen molar-refractivity contribution in [3.8, 4) is 47.9 Å². The minimum absolute atomic E-state index is 0. The summed E-state index contributed by atoms with van der Waals surface area (Å²) in [6.07, 6.45) is 16.1. The van der Waals surface area contributed by atoms with E-state index in [1.165, 1.54) is 44.9 Å². The second kappa shape index (κ2) is 30.8. The maximum absolute atomic E-state index is 12.1. The minimum Gasteiger partial charge on any atom is -0.790 e. The van der Waals surface area contributed by atoms with Gasteiger partial charge in [0.15, 0.2) is 6.10 Å². The summed E-state index contributed by atoms with van der Waals surface area (Å²) in [6.45, 7) is 0.893. The topological polar surface area (TPSA) is 160 Å². The third-order valence-corrected chi connectivity index (χ3v) is 5.05. The van der Waals surface area contributed by atoms with Crippen molar-refractivity contribution in [3.05, 3.63) is 0 Å². The van der Waals surface area contributed by atoms with E-state index in [0.717, 1.165) is 19.3 Å². The molecule has 0 unspecified atom stereocenters. The van der Waals surface area contributed by atoms with Crippen molar-refractivity contribution in [2.75, 3.05) is 13.2 Å². The van der Waals surface area contributed by atoms with Gasteiger partial charge in [-0.15, -0.1) is 6.42 Å². The molecule has 0 saturated carbocycles. The molecule has 0 amide bonds. The molecule has 0 aromatic rings. The quantitative estimate of drug-likeness (QED) is 0.0509. The zero-order valence-corrected chi connectivity index (χ0v) is 27.9. The maximum Gasteiger partial charge on any atom is 1.00 e. The van der Waals surface area contributed by atoms with E-state index < -0.39 is 39.1 Å². The number of hydrogen-bond acceptors (Lipinski definition) is 9. The van der Waals surface area contributed by atoms with Crippen LogP contribution in [0.4, 0.5) is 0 Å². The van der Waals surface area contributed by atoms with E-state index in [0.29, 0.717) is 6.42 Å². The van der Waals surface area contributed by atoms with Crippen molar-refractivity contribution >= 4 is 19.8 Å². The van der Waals surface area contributed by atoms with E-state index in [4.69, 9.17) is 15.9 Å². The standard InChI is InChI=1S/C26H35O8P.H3N.2Na.7H2/c1-3-5-7-9-11-12-13-14-15-17-19-21-26(28)34-24(23-33-35(29,30)31)22-32-25(27)20-18-16-10-8-6-4-2;;;;;;;;;;/h2,24H,3,5,7,9,11-15,17,19,21-23H2,1H3,(H2,29,30,31);1H3;;;7*1H/q;;2*+1;;;;;;;/p-2/t24-;;;;;;;;;;/m0........../s1. The first kappa shape index (κ1) is 44.3. The Kier molecular flexibility index (Phi) is 35.9. The third kappa shape index (κ3) is 33.3. The van der Waals surface area contributed by atoms with Crippen molar-refractivity contribution in [1.29, 1.82) is 0 Å². The van der Waals surface area contributed by atoms with Crippen molar-refractivity contribution in [1.82, 2.24) is 6.15 Å². The first-order chi connectivity index (χ1) is 16.8. The number of carbonyl (C=O) groups excluding carboxylic acids is 2. The summed E-state index contributed by atoms with van der Waals surface area (Å²) in [4.78, 5) is 45.1. The van der Waals surface area contributed by atoms with Gasteiger partial charge in [-0.25, -0.2) is 4.79 Å². The molecule has 1 atom stereocenters. The summed E-state index contributed by atoms with van der Waals surface area (Å²) in [5, 5.41) is 0. The SMILES string of the molecule is C#CC#CC#CC#CC(=O)OC[C@@H](COP(=O)([O-])[O-])OC(=O)CCCCCCCCCCCCC.N.[HH].[HH].[HH].[HH].[HH].[HH].[HH].[Na+].[Na+]. The van der Waals surface area contributed by atoms with Crippen LogP contribution in [-0.2, 0) is 28.2 Å². The van der Waals surface area contributed by atoms with Crippen LogP contribution in [-0.4, -0.2) is 31.3 Å². The number of phosphoric ester groups is 1. The fourth-order valence-corrected chi connectivity index (χ4v) is 3.23. The number of terminal acetylenes is 1. The molecule has 214 valence electrons. The van der Waals surface area contributed by atoms with E-state index in [1.807, 2.05) is 0 Å². The molecule has 0 aromatic carbocycles. The van der Waals surface area contributed by atoms with Crippen LogP contribution in [0.1, 0.15) is 94.0 Å². The summed E-state index contributed by atoms with van der Waals surface area (Å²) < 4.78 is 24.8. The van der Waals surface area contributed by atoms with Crippen LogP contribution in [0.2, 0.25) is 0 Å². The van der Waals surface area contributed by atoms with Crippen LogP contribution in [0.5, 0.6) is 0 Å². The Morgan fingerprint density at radius 1 is 0.842 bits per heavy atom. The zero-order chi connectivity index (χ0) is 26.2. The number of hydrogen-bond donors (Lipinski definition) is 1. The van der Waals surface area contributed by atoms with Gasteiger partial charge in [-0.2, -0.15) is 0 Å². The van der Waals surface area contributed by atoms with E-state index in [9.17, 15) is 23.9 Å². The Labute approximate surface area is 282 Å². The zero-order valence-electron chi connectivity index (χ0n) is 23.0. The Bertz CT molecular complexity index is 941. The molecule has 0 heterocycles. The van der Waals surface area contributed by atoms with Crippen molar-refractivity contribution in [3.63, 3.8) is 0 Å². The van der Waals surface area contributed by atoms with Crippen LogP contribution in [0.3, 0.4) is 0 Å². The number of carbonyl (C=O) groups is 2. The Balaban J connectivity index is -0.000000128. The van der Waals surface area contributed by atoms with Crippen LogP contribution in [0.25, 0.3) is 0 Å². The van der Waals surface area contributed by atoms with Crippen LogP contribution < -0.4 is 75.1 Å². The summed E-state index contributed by atoms with van der Waals surface area (Å²) >= 11 is 0. The molecule has 0 aromatic heterocycles. The normalized spacial score (nSPS) is 9.95. The van der Waals surface area contributed by atoms with E-state index >= 15 is 0 Å². The number of ether oxygens (including phenoxy) is 2. The monoisotopic (exact) mass is 581 g/mol. The first-order valence-corrected chi connectivity index (χ1v) is 13.2. The molecule has 0 radical (unpaired) electrons. The first-order valence-electron chi connectivity index (χ1n) is 11.8. The molecule has 0 saturated heterocycles. The molecule has 0 bridgehead atoms. The molecular formula is C26H50NNa2O8P. The average Bonchev–Trinajstić information content (AvgIpc) is 2.81. The fraction of sp³-hybridized carbons (Fsp3) is 0.615. The molecular weight excluding hydrogens is 531 g/mol. The number of rotatable bonds is 18. The fourth-order valence-electron chi connectivity index (χ4n) is 2.89. The van der Waals surface area contributed by atoms with Crippen LogP contribution >= 0.6 is 7.82 Å².